The van der Waals surface area contributed by atoms with Gasteiger partial charge in [-0.25, -0.2) is 0 Å². The van der Waals surface area contributed by atoms with Gasteiger partial charge in [-0.05, 0) is 38.8 Å². The maximum Gasteiger partial charge on any atom is 0.0295 e. The Bertz CT molecular complexity index is 313. The Morgan fingerprint density at radius 2 is 1.93 bits per heavy atom. The van der Waals surface area contributed by atoms with Gasteiger partial charge in [0.1, 0.15) is 0 Å². The minimum atomic E-state index is -0.156. The molecule has 0 aromatic heterocycles. The highest BCUT2D eigenvalue weighted by Crippen LogP contribution is 2.16. The maximum absolute atomic E-state index is 5.94. The molecule has 2 nitrogen and oxygen atoms in total. The van der Waals surface area contributed by atoms with Crippen LogP contribution in [0.15, 0.2) is 24.3 Å². The van der Waals surface area contributed by atoms with Crippen LogP contribution in [-0.4, -0.2) is 12.1 Å². The number of nitrogens with one attached hydrogen (secondary N) is 1. The molecule has 1 atom stereocenters. The van der Waals surface area contributed by atoms with E-state index in [2.05, 4.69) is 43.4 Å². The fourth-order valence-electron chi connectivity index (χ4n) is 1.60. The van der Waals surface area contributed by atoms with E-state index in [4.69, 9.17) is 5.73 Å². The minimum Gasteiger partial charge on any atom is -0.324 e. The predicted molar refractivity (Wildman–Crippen MR) is 65.9 cm³/mol. The normalized spacial score (nSPS) is 13.9. The van der Waals surface area contributed by atoms with Crippen LogP contribution in [0.4, 0.5) is 0 Å². The van der Waals surface area contributed by atoms with Crippen molar-refractivity contribution in [2.45, 2.75) is 39.3 Å². The molecule has 0 aliphatic carbocycles. The van der Waals surface area contributed by atoms with E-state index < -0.39 is 0 Å². The summed E-state index contributed by atoms with van der Waals surface area (Å²) in [6, 6.07) is 8.80. The topological polar surface area (TPSA) is 38.0 Å². The zero-order valence-corrected chi connectivity index (χ0v) is 10.2. The largest absolute Gasteiger partial charge is 0.324 e. The molecule has 0 amide bonds. The Morgan fingerprint density at radius 1 is 1.33 bits per heavy atom. The van der Waals surface area contributed by atoms with Crippen LogP contribution in [0, 0.1) is 6.92 Å². The van der Waals surface area contributed by atoms with E-state index in [1.807, 2.05) is 13.8 Å². The van der Waals surface area contributed by atoms with Crippen LogP contribution < -0.4 is 11.1 Å². The van der Waals surface area contributed by atoms with Crippen LogP contribution in [0.1, 0.15) is 37.9 Å². The minimum absolute atomic E-state index is 0.156. The first-order valence-electron chi connectivity index (χ1n) is 5.48. The first-order valence-corrected chi connectivity index (χ1v) is 5.48. The summed E-state index contributed by atoms with van der Waals surface area (Å²) < 4.78 is 0. The van der Waals surface area contributed by atoms with E-state index in [0.717, 1.165) is 6.54 Å². The lowest BCUT2D eigenvalue weighted by Crippen LogP contribution is -2.43. The molecule has 84 valence electrons. The zero-order valence-electron chi connectivity index (χ0n) is 10.2. The average molecular weight is 206 g/mol. The van der Waals surface area contributed by atoms with Gasteiger partial charge in [-0.2, -0.15) is 0 Å². The lowest BCUT2D eigenvalue weighted by atomic mass is 10.0. The van der Waals surface area contributed by atoms with Crippen LogP contribution in [0.25, 0.3) is 0 Å². The van der Waals surface area contributed by atoms with E-state index in [1.54, 1.807) is 0 Å². The van der Waals surface area contributed by atoms with Crippen molar-refractivity contribution in [3.05, 3.63) is 35.4 Å². The molecule has 0 spiro atoms. The van der Waals surface area contributed by atoms with Gasteiger partial charge in [0, 0.05) is 18.1 Å². The molecule has 1 unspecified atom stereocenters. The molecule has 1 aromatic rings. The van der Waals surface area contributed by atoms with Crippen molar-refractivity contribution in [2.75, 3.05) is 6.54 Å². The maximum atomic E-state index is 5.94. The average Bonchev–Trinajstić information content (AvgIpc) is 2.14. The first kappa shape index (κ1) is 12.2. The molecule has 1 rings (SSSR count). The van der Waals surface area contributed by atoms with Crippen molar-refractivity contribution >= 4 is 0 Å². The SMILES string of the molecule is Cc1ccccc1C(C)NCC(C)(C)N. The molecule has 0 aliphatic rings. The third-order valence-corrected chi connectivity index (χ3v) is 2.52. The second-order valence-electron chi connectivity index (χ2n) is 4.95. The summed E-state index contributed by atoms with van der Waals surface area (Å²) in [7, 11) is 0. The fourth-order valence-corrected chi connectivity index (χ4v) is 1.60. The highest BCUT2D eigenvalue weighted by molar-refractivity contribution is 5.28. The van der Waals surface area contributed by atoms with Crippen molar-refractivity contribution in [2.24, 2.45) is 5.73 Å². The zero-order chi connectivity index (χ0) is 11.5. The lowest BCUT2D eigenvalue weighted by Gasteiger charge is -2.23. The highest BCUT2D eigenvalue weighted by atomic mass is 14.9. The lowest BCUT2D eigenvalue weighted by molar-refractivity contribution is 0.434. The fraction of sp³-hybridized carbons (Fsp3) is 0.538. The molecule has 0 heterocycles. The van der Waals surface area contributed by atoms with Crippen LogP contribution in [0.2, 0.25) is 0 Å². The number of benzene rings is 1. The van der Waals surface area contributed by atoms with Gasteiger partial charge in [-0.1, -0.05) is 24.3 Å². The molecule has 3 N–H and O–H groups in total. The first-order chi connectivity index (χ1) is 6.90. The van der Waals surface area contributed by atoms with Crippen LogP contribution in [-0.2, 0) is 0 Å². The molecule has 15 heavy (non-hydrogen) atoms. The summed E-state index contributed by atoms with van der Waals surface area (Å²) in [6.07, 6.45) is 0. The summed E-state index contributed by atoms with van der Waals surface area (Å²) >= 11 is 0. The van der Waals surface area contributed by atoms with Gasteiger partial charge in [-0.15, -0.1) is 0 Å². The summed E-state index contributed by atoms with van der Waals surface area (Å²) in [6.45, 7) is 9.20. The smallest absolute Gasteiger partial charge is 0.0295 e. The molecule has 0 aliphatic heterocycles. The van der Waals surface area contributed by atoms with Gasteiger partial charge < -0.3 is 11.1 Å². The van der Waals surface area contributed by atoms with Crippen molar-refractivity contribution < 1.29 is 0 Å². The van der Waals surface area contributed by atoms with E-state index in [0.29, 0.717) is 6.04 Å². The number of rotatable bonds is 4. The van der Waals surface area contributed by atoms with E-state index in [1.165, 1.54) is 11.1 Å². The van der Waals surface area contributed by atoms with E-state index in [9.17, 15) is 0 Å². The molecular formula is C13H22N2. The Hall–Kier alpha value is -0.860. The van der Waals surface area contributed by atoms with Gasteiger partial charge in [0.25, 0.3) is 0 Å². The van der Waals surface area contributed by atoms with Crippen LogP contribution >= 0.6 is 0 Å². The molecule has 0 saturated heterocycles. The molecule has 2 heteroatoms. The van der Waals surface area contributed by atoms with Gasteiger partial charge in [0.05, 0.1) is 0 Å². The van der Waals surface area contributed by atoms with Gasteiger partial charge in [-0.3, -0.25) is 0 Å². The van der Waals surface area contributed by atoms with Crippen LogP contribution in [0.3, 0.4) is 0 Å². The third kappa shape index (κ3) is 4.02. The Kier molecular flexibility index (Phi) is 3.89. The Balaban J connectivity index is 2.62. The molecule has 0 bridgehead atoms. The van der Waals surface area contributed by atoms with E-state index >= 15 is 0 Å². The molecule has 0 radical (unpaired) electrons. The highest BCUT2D eigenvalue weighted by Gasteiger charge is 2.13. The summed E-state index contributed by atoms with van der Waals surface area (Å²) in [4.78, 5) is 0. The Morgan fingerprint density at radius 3 is 2.47 bits per heavy atom. The van der Waals surface area contributed by atoms with Gasteiger partial charge in [0.2, 0.25) is 0 Å². The van der Waals surface area contributed by atoms with Gasteiger partial charge in [0.15, 0.2) is 0 Å². The number of hydrogen-bond donors (Lipinski definition) is 2. The van der Waals surface area contributed by atoms with Crippen LogP contribution in [0.5, 0.6) is 0 Å². The number of aryl methyl sites for hydroxylation is 1. The van der Waals surface area contributed by atoms with Crippen molar-refractivity contribution in [1.29, 1.82) is 0 Å². The van der Waals surface area contributed by atoms with Gasteiger partial charge >= 0.3 is 0 Å². The summed E-state index contributed by atoms with van der Waals surface area (Å²) in [5.74, 6) is 0. The monoisotopic (exact) mass is 206 g/mol. The van der Waals surface area contributed by atoms with Crippen molar-refractivity contribution in [3.63, 3.8) is 0 Å². The standard InChI is InChI=1S/C13H22N2/c1-10-7-5-6-8-12(10)11(2)15-9-13(3,4)14/h5-8,11,15H,9,14H2,1-4H3. The number of hydrogen-bond acceptors (Lipinski definition) is 2. The van der Waals surface area contributed by atoms with E-state index in [-0.39, 0.29) is 5.54 Å². The second-order valence-corrected chi connectivity index (χ2v) is 4.95. The molecule has 1 aromatic carbocycles. The number of nitrogens with two attached hydrogens (primary N) is 1. The summed E-state index contributed by atoms with van der Waals surface area (Å²) in [5.41, 5.74) is 8.46. The quantitative estimate of drug-likeness (QED) is 0.794. The Labute approximate surface area is 92.9 Å². The molecular weight excluding hydrogens is 184 g/mol. The molecule has 0 saturated carbocycles. The third-order valence-electron chi connectivity index (χ3n) is 2.52. The predicted octanol–water partition coefficient (Wildman–Crippen LogP) is 2.38. The summed E-state index contributed by atoms with van der Waals surface area (Å²) in [5, 5.41) is 3.45. The van der Waals surface area contributed by atoms with Crippen molar-refractivity contribution in [3.8, 4) is 0 Å². The second kappa shape index (κ2) is 4.77. The van der Waals surface area contributed by atoms with Crippen molar-refractivity contribution in [1.82, 2.24) is 5.32 Å². The molecule has 0 fully saturated rings.